The van der Waals surface area contributed by atoms with E-state index in [1.54, 1.807) is 7.05 Å². The van der Waals surface area contributed by atoms with Gasteiger partial charge >= 0.3 is 6.01 Å². The molecule has 8 heteroatoms. The first-order valence-corrected chi connectivity index (χ1v) is 7.31. The molecule has 0 spiro atoms. The molecule has 1 fully saturated rings. The molecule has 1 aliphatic carbocycles. The van der Waals surface area contributed by atoms with Crippen molar-refractivity contribution in [3.63, 3.8) is 0 Å². The number of nitrogens with zero attached hydrogens (tertiary/aromatic N) is 3. The van der Waals surface area contributed by atoms with E-state index in [4.69, 9.17) is 4.74 Å². The third kappa shape index (κ3) is 5.41. The molecular weight excluding hydrogens is 272 g/mol. The zero-order valence-electron chi connectivity index (χ0n) is 12.5. The van der Waals surface area contributed by atoms with Gasteiger partial charge in [0.2, 0.25) is 17.8 Å². The summed E-state index contributed by atoms with van der Waals surface area (Å²) in [7, 11) is 1.73. The van der Waals surface area contributed by atoms with Gasteiger partial charge in [-0.3, -0.25) is 4.79 Å². The molecular formula is C13H22N6O2. The van der Waals surface area contributed by atoms with Crippen molar-refractivity contribution in [2.24, 2.45) is 0 Å². The molecule has 0 atom stereocenters. The van der Waals surface area contributed by atoms with E-state index in [2.05, 4.69) is 30.9 Å². The predicted molar refractivity (Wildman–Crippen MR) is 79.4 cm³/mol. The Kier molecular flexibility index (Phi) is 5.53. The van der Waals surface area contributed by atoms with E-state index in [9.17, 15) is 4.79 Å². The van der Waals surface area contributed by atoms with Crippen LogP contribution in [-0.2, 0) is 4.79 Å². The van der Waals surface area contributed by atoms with Crippen LogP contribution in [0.3, 0.4) is 0 Å². The number of ether oxygens (including phenoxy) is 1. The number of rotatable bonds is 9. The fourth-order valence-corrected chi connectivity index (χ4v) is 1.62. The van der Waals surface area contributed by atoms with Crippen LogP contribution in [0.25, 0.3) is 0 Å². The summed E-state index contributed by atoms with van der Waals surface area (Å²) in [6, 6.07) is 0.667. The number of anilines is 2. The van der Waals surface area contributed by atoms with Crippen LogP contribution in [0.15, 0.2) is 0 Å². The van der Waals surface area contributed by atoms with E-state index in [0.717, 1.165) is 19.3 Å². The molecule has 3 N–H and O–H groups in total. The third-order valence-electron chi connectivity index (χ3n) is 2.85. The summed E-state index contributed by atoms with van der Waals surface area (Å²) in [4.78, 5) is 24.0. The summed E-state index contributed by atoms with van der Waals surface area (Å²) in [6.07, 6.45) is 3.46. The van der Waals surface area contributed by atoms with Crippen molar-refractivity contribution in [3.8, 4) is 6.01 Å². The molecule has 1 aromatic heterocycles. The van der Waals surface area contributed by atoms with Crippen LogP contribution < -0.4 is 20.7 Å². The second-order valence-electron chi connectivity index (χ2n) is 4.88. The number of nitrogens with one attached hydrogen (secondary N) is 3. The summed E-state index contributed by atoms with van der Waals surface area (Å²) in [5.74, 6) is 0.885. The Morgan fingerprint density at radius 3 is 2.71 bits per heavy atom. The SMILES string of the molecule is CCCOc1nc(NC)nc(NCCC(=O)NC2CC2)n1. The molecule has 21 heavy (non-hydrogen) atoms. The normalized spacial score (nSPS) is 13.6. The summed E-state index contributed by atoms with van der Waals surface area (Å²) in [6.45, 7) is 3.03. The van der Waals surface area contributed by atoms with Crippen LogP contribution >= 0.6 is 0 Å². The highest BCUT2D eigenvalue weighted by molar-refractivity contribution is 5.77. The van der Waals surface area contributed by atoms with E-state index >= 15 is 0 Å². The van der Waals surface area contributed by atoms with Crippen molar-refractivity contribution in [2.75, 3.05) is 30.8 Å². The highest BCUT2D eigenvalue weighted by Crippen LogP contribution is 2.18. The lowest BCUT2D eigenvalue weighted by Gasteiger charge is -2.09. The first-order chi connectivity index (χ1) is 10.2. The van der Waals surface area contributed by atoms with Crippen molar-refractivity contribution in [1.29, 1.82) is 0 Å². The summed E-state index contributed by atoms with van der Waals surface area (Å²) in [5, 5.41) is 8.81. The molecule has 0 unspecified atom stereocenters. The van der Waals surface area contributed by atoms with Gasteiger partial charge in [0.25, 0.3) is 0 Å². The van der Waals surface area contributed by atoms with E-state index in [1.165, 1.54) is 0 Å². The quantitative estimate of drug-likeness (QED) is 0.618. The minimum Gasteiger partial charge on any atom is -0.463 e. The molecule has 1 amide bonds. The maximum absolute atomic E-state index is 11.6. The van der Waals surface area contributed by atoms with Gasteiger partial charge in [0.05, 0.1) is 6.61 Å². The average Bonchev–Trinajstić information content (AvgIpc) is 3.28. The molecule has 1 saturated carbocycles. The van der Waals surface area contributed by atoms with Crippen molar-refractivity contribution < 1.29 is 9.53 Å². The highest BCUT2D eigenvalue weighted by Gasteiger charge is 2.22. The molecule has 0 aromatic carbocycles. The first kappa shape index (κ1) is 15.3. The van der Waals surface area contributed by atoms with Gasteiger partial charge in [-0.05, 0) is 19.3 Å². The van der Waals surface area contributed by atoms with Gasteiger partial charge < -0.3 is 20.7 Å². The summed E-state index contributed by atoms with van der Waals surface area (Å²) < 4.78 is 5.41. The molecule has 0 saturated heterocycles. The minimum absolute atomic E-state index is 0.0513. The summed E-state index contributed by atoms with van der Waals surface area (Å²) in [5.41, 5.74) is 0. The smallest absolute Gasteiger partial charge is 0.323 e. The fraction of sp³-hybridized carbons (Fsp3) is 0.692. The molecule has 0 aliphatic heterocycles. The first-order valence-electron chi connectivity index (χ1n) is 7.31. The molecule has 0 radical (unpaired) electrons. The zero-order valence-corrected chi connectivity index (χ0v) is 12.5. The van der Waals surface area contributed by atoms with Gasteiger partial charge in [-0.1, -0.05) is 6.92 Å². The monoisotopic (exact) mass is 294 g/mol. The van der Waals surface area contributed by atoms with Crippen molar-refractivity contribution >= 4 is 17.8 Å². The molecule has 1 heterocycles. The van der Waals surface area contributed by atoms with Crippen LogP contribution in [0.4, 0.5) is 11.9 Å². The van der Waals surface area contributed by atoms with Gasteiger partial charge in [-0.25, -0.2) is 0 Å². The second kappa shape index (κ2) is 7.61. The average molecular weight is 294 g/mol. The lowest BCUT2D eigenvalue weighted by atomic mass is 10.4. The Bertz CT molecular complexity index is 478. The van der Waals surface area contributed by atoms with Gasteiger partial charge in [-0.15, -0.1) is 0 Å². The Balaban J connectivity index is 1.83. The van der Waals surface area contributed by atoms with Gasteiger partial charge in [0, 0.05) is 26.1 Å². The second-order valence-corrected chi connectivity index (χ2v) is 4.88. The van der Waals surface area contributed by atoms with Gasteiger partial charge in [0.15, 0.2) is 0 Å². The van der Waals surface area contributed by atoms with Gasteiger partial charge in [-0.2, -0.15) is 15.0 Å². The standard InChI is InChI=1S/C13H22N6O2/c1-3-8-21-13-18-11(14-2)17-12(19-13)15-7-6-10(20)16-9-4-5-9/h9H,3-8H2,1-2H3,(H,16,20)(H2,14,15,17,18,19). The maximum Gasteiger partial charge on any atom is 0.323 e. The summed E-state index contributed by atoms with van der Waals surface area (Å²) >= 11 is 0. The van der Waals surface area contributed by atoms with E-state index in [1.807, 2.05) is 6.92 Å². The van der Waals surface area contributed by atoms with E-state index in [-0.39, 0.29) is 11.9 Å². The van der Waals surface area contributed by atoms with Crippen molar-refractivity contribution in [1.82, 2.24) is 20.3 Å². The maximum atomic E-state index is 11.6. The van der Waals surface area contributed by atoms with Crippen LogP contribution in [0.5, 0.6) is 6.01 Å². The molecule has 1 aliphatic rings. The van der Waals surface area contributed by atoms with Gasteiger partial charge in [0.1, 0.15) is 0 Å². The van der Waals surface area contributed by atoms with Crippen LogP contribution in [0.2, 0.25) is 0 Å². The third-order valence-corrected chi connectivity index (χ3v) is 2.85. The lowest BCUT2D eigenvalue weighted by Crippen LogP contribution is -2.27. The van der Waals surface area contributed by atoms with E-state index in [0.29, 0.717) is 37.5 Å². The fourth-order valence-electron chi connectivity index (χ4n) is 1.62. The topological polar surface area (TPSA) is 101 Å². The van der Waals surface area contributed by atoms with Crippen LogP contribution in [0.1, 0.15) is 32.6 Å². The number of amides is 1. The largest absolute Gasteiger partial charge is 0.463 e. The van der Waals surface area contributed by atoms with Crippen LogP contribution in [-0.4, -0.2) is 47.1 Å². The number of hydrogen-bond acceptors (Lipinski definition) is 7. The van der Waals surface area contributed by atoms with E-state index < -0.39 is 0 Å². The molecule has 2 rings (SSSR count). The molecule has 116 valence electrons. The number of carbonyl (C=O) groups excluding carboxylic acids is 1. The van der Waals surface area contributed by atoms with Crippen molar-refractivity contribution in [2.45, 2.75) is 38.6 Å². The zero-order chi connectivity index (χ0) is 15.1. The Morgan fingerprint density at radius 1 is 1.29 bits per heavy atom. The molecule has 1 aromatic rings. The Hall–Kier alpha value is -2.12. The number of aromatic nitrogens is 3. The minimum atomic E-state index is 0.0513. The molecule has 8 nitrogen and oxygen atoms in total. The Morgan fingerprint density at radius 2 is 2.05 bits per heavy atom. The predicted octanol–water partition coefficient (Wildman–Crippen LogP) is 0.783. The van der Waals surface area contributed by atoms with Crippen molar-refractivity contribution in [3.05, 3.63) is 0 Å². The van der Waals surface area contributed by atoms with Crippen LogP contribution in [0, 0.1) is 0 Å². The molecule has 0 bridgehead atoms. The highest BCUT2D eigenvalue weighted by atomic mass is 16.5. The Labute approximate surface area is 124 Å². The number of carbonyl (C=O) groups is 1. The number of hydrogen-bond donors (Lipinski definition) is 3. The lowest BCUT2D eigenvalue weighted by molar-refractivity contribution is -0.120.